The fourth-order valence-electron chi connectivity index (χ4n) is 4.35. The molecule has 0 spiro atoms. The van der Waals surface area contributed by atoms with Crippen molar-refractivity contribution in [1.29, 1.82) is 10.5 Å². The number of nitrogens with zero attached hydrogens (tertiary/aromatic N) is 8. The van der Waals surface area contributed by atoms with Gasteiger partial charge in [0, 0.05) is 29.9 Å². The molecule has 0 radical (unpaired) electrons. The topological polar surface area (TPSA) is 150 Å². The Morgan fingerprint density at radius 3 is 2.67 bits per heavy atom. The van der Waals surface area contributed by atoms with Crippen molar-refractivity contribution in [1.82, 2.24) is 25.1 Å². The largest absolute Gasteiger partial charge is 0.333 e. The van der Waals surface area contributed by atoms with E-state index in [-0.39, 0.29) is 17.7 Å². The summed E-state index contributed by atoms with van der Waals surface area (Å²) < 4.78 is 5.58. The van der Waals surface area contributed by atoms with Crippen LogP contribution in [0.2, 0.25) is 0 Å². The van der Waals surface area contributed by atoms with Crippen LogP contribution in [0, 0.1) is 34.5 Å². The average Bonchev–Trinajstić information content (AvgIpc) is 3.45. The zero-order valence-corrected chi connectivity index (χ0v) is 21.3. The molecule has 1 aliphatic rings. The standard InChI is InChI=1S/C29H23N9O/c1-18-14-21(6-5-12-30)15-19(2)25(18)35-26-23(28-36-27(38-39-28)24-7-3-4-13-32-24)17-33-29(37-26)34-22-10-8-20(16-31)9-11-22/h3-11,13-14,17,19,21H,15H2,1-2H3,(H,33,34,37)/b6-5+,35-25?. The maximum absolute atomic E-state index is 9.07. The first-order valence-corrected chi connectivity index (χ1v) is 12.3. The van der Waals surface area contributed by atoms with Crippen LogP contribution >= 0.6 is 0 Å². The molecule has 190 valence electrons. The monoisotopic (exact) mass is 513 g/mol. The summed E-state index contributed by atoms with van der Waals surface area (Å²) in [4.78, 5) is 22.9. The molecule has 10 heteroatoms. The van der Waals surface area contributed by atoms with Crippen LogP contribution in [0.5, 0.6) is 0 Å². The maximum Gasteiger partial charge on any atom is 0.263 e. The molecule has 0 aliphatic heterocycles. The molecule has 0 amide bonds. The highest BCUT2D eigenvalue weighted by molar-refractivity contribution is 6.03. The summed E-state index contributed by atoms with van der Waals surface area (Å²) in [5.74, 6) is 1.55. The van der Waals surface area contributed by atoms with Crippen LogP contribution in [0.3, 0.4) is 0 Å². The Labute approximate surface area is 225 Å². The summed E-state index contributed by atoms with van der Waals surface area (Å²) in [7, 11) is 0. The molecule has 0 bridgehead atoms. The molecule has 0 saturated carbocycles. The van der Waals surface area contributed by atoms with E-state index >= 15 is 0 Å². The van der Waals surface area contributed by atoms with Crippen LogP contribution in [0.25, 0.3) is 23.0 Å². The molecule has 0 fully saturated rings. The number of anilines is 2. The minimum atomic E-state index is 0.118. The second kappa shape index (κ2) is 11.3. The fraction of sp³-hybridized carbons (Fsp3) is 0.172. The highest BCUT2D eigenvalue weighted by Crippen LogP contribution is 2.34. The molecular weight excluding hydrogens is 490 g/mol. The number of benzene rings is 1. The Kier molecular flexibility index (Phi) is 7.28. The van der Waals surface area contributed by atoms with Gasteiger partial charge in [0.25, 0.3) is 5.89 Å². The number of nitrogens with one attached hydrogen (secondary N) is 1. The Hall–Kier alpha value is -5.48. The van der Waals surface area contributed by atoms with Crippen molar-refractivity contribution >= 4 is 23.2 Å². The SMILES string of the molecule is CC1=CC(/C=C/C#N)CC(C)C1=Nc1nc(Nc2ccc(C#N)cc2)ncc1-c1nc(-c2ccccn2)no1. The molecule has 2 unspecified atom stereocenters. The number of rotatable bonds is 6. The van der Waals surface area contributed by atoms with Crippen molar-refractivity contribution in [2.24, 2.45) is 16.8 Å². The highest BCUT2D eigenvalue weighted by atomic mass is 16.5. The van der Waals surface area contributed by atoms with Crippen molar-refractivity contribution in [2.45, 2.75) is 20.3 Å². The number of aromatic nitrogens is 5. The van der Waals surface area contributed by atoms with Gasteiger partial charge < -0.3 is 9.84 Å². The van der Waals surface area contributed by atoms with Crippen molar-refractivity contribution in [2.75, 3.05) is 5.32 Å². The van der Waals surface area contributed by atoms with Gasteiger partial charge in [-0.3, -0.25) is 4.98 Å². The maximum atomic E-state index is 9.07. The van der Waals surface area contributed by atoms with E-state index in [9.17, 15) is 0 Å². The lowest BCUT2D eigenvalue weighted by Gasteiger charge is -2.25. The smallest absolute Gasteiger partial charge is 0.263 e. The highest BCUT2D eigenvalue weighted by Gasteiger charge is 2.24. The summed E-state index contributed by atoms with van der Waals surface area (Å²) in [6.07, 6.45) is 9.60. The van der Waals surface area contributed by atoms with E-state index in [4.69, 9.17) is 25.0 Å². The first-order valence-electron chi connectivity index (χ1n) is 12.3. The Balaban J connectivity index is 1.55. The van der Waals surface area contributed by atoms with Crippen molar-refractivity contribution < 1.29 is 4.52 Å². The van der Waals surface area contributed by atoms with E-state index in [1.165, 1.54) is 6.08 Å². The van der Waals surface area contributed by atoms with Gasteiger partial charge in [0.15, 0.2) is 5.82 Å². The molecule has 4 aromatic rings. The van der Waals surface area contributed by atoms with Crippen LogP contribution in [0.15, 0.2) is 88.2 Å². The van der Waals surface area contributed by atoms with Crippen molar-refractivity contribution in [3.63, 3.8) is 0 Å². The number of hydrogen-bond donors (Lipinski definition) is 1. The van der Waals surface area contributed by atoms with Crippen LogP contribution in [0.4, 0.5) is 17.5 Å². The lowest BCUT2D eigenvalue weighted by molar-refractivity contribution is 0.432. The average molecular weight is 514 g/mol. The summed E-state index contributed by atoms with van der Waals surface area (Å²) >= 11 is 0. The third kappa shape index (κ3) is 5.76. The molecular formula is C29H23N9O. The lowest BCUT2D eigenvalue weighted by Crippen LogP contribution is -2.21. The van der Waals surface area contributed by atoms with Crippen LogP contribution < -0.4 is 5.32 Å². The van der Waals surface area contributed by atoms with Crippen molar-refractivity contribution in [3.05, 3.63) is 84.2 Å². The minimum absolute atomic E-state index is 0.118. The van der Waals surface area contributed by atoms with Gasteiger partial charge in [0.2, 0.25) is 11.8 Å². The van der Waals surface area contributed by atoms with Crippen molar-refractivity contribution in [3.8, 4) is 35.1 Å². The third-order valence-corrected chi connectivity index (χ3v) is 6.19. The molecule has 1 aromatic carbocycles. The molecule has 5 rings (SSSR count). The van der Waals surface area contributed by atoms with Crippen LogP contribution in [-0.2, 0) is 0 Å². The van der Waals surface area contributed by atoms with Gasteiger partial charge >= 0.3 is 0 Å². The lowest BCUT2D eigenvalue weighted by atomic mass is 9.82. The molecule has 0 saturated heterocycles. The Morgan fingerprint density at radius 1 is 1.10 bits per heavy atom. The number of hydrogen-bond acceptors (Lipinski definition) is 10. The van der Waals surface area contributed by atoms with Gasteiger partial charge in [-0.1, -0.05) is 30.3 Å². The van der Waals surface area contributed by atoms with Gasteiger partial charge in [-0.2, -0.15) is 20.5 Å². The van der Waals surface area contributed by atoms with Crippen LogP contribution in [0.1, 0.15) is 25.8 Å². The molecule has 10 nitrogen and oxygen atoms in total. The molecule has 3 aromatic heterocycles. The first kappa shape index (κ1) is 25.2. The number of aliphatic imine (C=N–C) groups is 1. The summed E-state index contributed by atoms with van der Waals surface area (Å²) in [6.45, 7) is 4.11. The first-order chi connectivity index (χ1) is 19.0. The zero-order valence-electron chi connectivity index (χ0n) is 21.3. The second-order valence-corrected chi connectivity index (χ2v) is 9.02. The number of pyridine rings is 1. The normalized spacial score (nSPS) is 17.9. The third-order valence-electron chi connectivity index (χ3n) is 6.19. The van der Waals surface area contributed by atoms with Gasteiger partial charge in [0.05, 0.1) is 17.7 Å². The summed E-state index contributed by atoms with van der Waals surface area (Å²) in [5, 5.41) is 25.2. The Morgan fingerprint density at radius 2 is 1.95 bits per heavy atom. The van der Waals surface area contributed by atoms with E-state index in [1.807, 2.05) is 25.1 Å². The van der Waals surface area contributed by atoms with E-state index < -0.39 is 0 Å². The summed E-state index contributed by atoms with van der Waals surface area (Å²) in [6, 6.07) is 16.6. The van der Waals surface area contributed by atoms with Gasteiger partial charge in [0.1, 0.15) is 11.3 Å². The number of allylic oxidation sites excluding steroid dienone is 4. The second-order valence-electron chi connectivity index (χ2n) is 9.02. The van der Waals surface area contributed by atoms with Crippen LogP contribution in [-0.4, -0.2) is 30.8 Å². The van der Waals surface area contributed by atoms with Gasteiger partial charge in [-0.05, 0) is 67.2 Å². The molecule has 39 heavy (non-hydrogen) atoms. The fourth-order valence-corrected chi connectivity index (χ4v) is 4.35. The predicted octanol–water partition coefficient (Wildman–Crippen LogP) is 5.96. The predicted molar refractivity (Wildman–Crippen MR) is 146 cm³/mol. The van der Waals surface area contributed by atoms with E-state index in [0.717, 1.165) is 23.4 Å². The minimum Gasteiger partial charge on any atom is -0.333 e. The number of nitriles is 2. The molecule has 2 atom stereocenters. The molecule has 1 aliphatic carbocycles. The quantitative estimate of drug-likeness (QED) is 0.308. The van der Waals surface area contributed by atoms with E-state index in [1.54, 1.807) is 42.7 Å². The molecule has 1 N–H and O–H groups in total. The Bertz CT molecular complexity index is 1660. The van der Waals surface area contributed by atoms with E-state index in [2.05, 4.69) is 50.6 Å². The van der Waals surface area contributed by atoms with E-state index in [0.29, 0.717) is 34.4 Å². The van der Waals surface area contributed by atoms with Gasteiger partial charge in [-0.15, -0.1) is 0 Å². The summed E-state index contributed by atoms with van der Waals surface area (Å²) in [5.41, 5.74) is 4.23. The van der Waals surface area contributed by atoms with Gasteiger partial charge in [-0.25, -0.2) is 9.98 Å². The molecule has 3 heterocycles. The zero-order chi connectivity index (χ0) is 27.2.